The Morgan fingerprint density at radius 2 is 0.451 bits per heavy atom. The molecule has 0 bridgehead atoms. The summed E-state index contributed by atoms with van der Waals surface area (Å²) in [5.41, 5.74) is 14.9. The number of hydrogen-bond acceptors (Lipinski definition) is 5. The number of thiophene rings is 2. The van der Waals surface area contributed by atoms with Crippen molar-refractivity contribution in [1.29, 1.82) is 0 Å². The van der Waals surface area contributed by atoms with E-state index in [9.17, 15) is 0 Å². The Hall–Kier alpha value is -8.74. The van der Waals surface area contributed by atoms with Gasteiger partial charge in [0.2, 0.25) is 0 Å². The Kier molecular flexibility index (Phi) is 10.9. The van der Waals surface area contributed by atoms with E-state index >= 15 is 0 Å². The topological polar surface area (TPSA) is 9.72 Å². The van der Waals surface area contributed by atoms with Gasteiger partial charge < -0.3 is 14.7 Å². The van der Waals surface area contributed by atoms with Gasteiger partial charge in [-0.3, -0.25) is 0 Å². The average Bonchev–Trinajstić information content (AvgIpc) is 4.00. The zero-order valence-corrected chi connectivity index (χ0v) is 40.3. The van der Waals surface area contributed by atoms with Gasteiger partial charge in [0, 0.05) is 91.5 Å². The number of para-hydroxylation sites is 3. The predicted octanol–water partition coefficient (Wildman–Crippen LogP) is 20.2. The molecule has 0 spiro atoms. The van der Waals surface area contributed by atoms with Gasteiger partial charge >= 0.3 is 0 Å². The maximum atomic E-state index is 2.40. The van der Waals surface area contributed by atoms with Crippen LogP contribution in [0.3, 0.4) is 0 Å². The fraction of sp³-hybridized carbons (Fsp3) is 0. The van der Waals surface area contributed by atoms with Crippen molar-refractivity contribution < 1.29 is 0 Å². The molecule has 0 atom stereocenters. The molecule has 0 saturated heterocycles. The molecule has 0 aliphatic carbocycles. The lowest BCUT2D eigenvalue weighted by molar-refractivity contribution is 1.29. The smallest absolute Gasteiger partial charge is 0.0476 e. The molecule has 2 heterocycles. The van der Waals surface area contributed by atoms with E-state index in [4.69, 9.17) is 0 Å². The first-order valence-corrected chi connectivity index (χ1v) is 25.6. The summed E-state index contributed by atoms with van der Waals surface area (Å²) in [5.74, 6) is 0. The molecule has 336 valence electrons. The highest BCUT2D eigenvalue weighted by Crippen LogP contribution is 2.46. The molecule has 0 amide bonds. The van der Waals surface area contributed by atoms with Crippen molar-refractivity contribution in [2.75, 3.05) is 14.7 Å². The normalized spacial score (nSPS) is 11.4. The zero-order chi connectivity index (χ0) is 47.1. The molecule has 0 N–H and O–H groups in total. The van der Waals surface area contributed by atoms with Gasteiger partial charge in [-0.05, 0) is 144 Å². The quantitative estimate of drug-likeness (QED) is 0.128. The maximum Gasteiger partial charge on any atom is 0.0476 e. The molecule has 71 heavy (non-hydrogen) atoms. The van der Waals surface area contributed by atoms with Gasteiger partial charge in [-0.1, -0.05) is 152 Å². The molecule has 0 saturated carbocycles. The third kappa shape index (κ3) is 8.07. The summed E-state index contributed by atoms with van der Waals surface area (Å²) in [6, 6.07) is 98.9. The van der Waals surface area contributed by atoms with Gasteiger partial charge in [0.1, 0.15) is 0 Å². The van der Waals surface area contributed by atoms with E-state index in [1.807, 2.05) is 22.7 Å². The summed E-state index contributed by atoms with van der Waals surface area (Å²) in [4.78, 5) is 7.12. The molecule has 11 aromatic carbocycles. The first-order chi connectivity index (χ1) is 35.2. The standard InChI is InChI=1S/C66H45N3S2/c1-6-16-46(17-7-1)48-26-30-53(31-27-48)67(50-20-10-3-11-21-50)57-34-38-59-61-42-55(36-40-63(61)70-65(59)44-57)69(52-24-14-5-15-25-52)56-37-41-64-62(43-56)60-39-35-58(45-66(60)71-64)68(51-22-12-4-13-23-51)54-32-28-49(29-33-54)47-18-8-2-9-19-47/h1-45H. The molecule has 2 aromatic heterocycles. The maximum absolute atomic E-state index is 2.40. The molecule has 13 rings (SSSR count). The minimum absolute atomic E-state index is 1.11. The molecule has 0 unspecified atom stereocenters. The third-order valence-electron chi connectivity index (χ3n) is 13.4. The second-order valence-corrected chi connectivity index (χ2v) is 19.9. The van der Waals surface area contributed by atoms with Crippen LogP contribution in [0.2, 0.25) is 0 Å². The minimum atomic E-state index is 1.11. The van der Waals surface area contributed by atoms with Crippen molar-refractivity contribution in [2.45, 2.75) is 0 Å². The van der Waals surface area contributed by atoms with Gasteiger partial charge in [-0.15, -0.1) is 22.7 Å². The van der Waals surface area contributed by atoms with Crippen molar-refractivity contribution in [1.82, 2.24) is 0 Å². The lowest BCUT2D eigenvalue weighted by atomic mass is 10.0. The highest BCUT2D eigenvalue weighted by molar-refractivity contribution is 7.26. The number of hydrogen-bond donors (Lipinski definition) is 0. The van der Waals surface area contributed by atoms with E-state index in [2.05, 4.69) is 288 Å². The summed E-state index contributed by atoms with van der Waals surface area (Å²) in [6.45, 7) is 0. The Morgan fingerprint density at radius 1 is 0.183 bits per heavy atom. The van der Waals surface area contributed by atoms with Crippen LogP contribution in [-0.4, -0.2) is 0 Å². The van der Waals surface area contributed by atoms with Crippen LogP contribution in [0.15, 0.2) is 273 Å². The minimum Gasteiger partial charge on any atom is -0.310 e. The van der Waals surface area contributed by atoms with E-state index in [-0.39, 0.29) is 0 Å². The lowest BCUT2D eigenvalue weighted by Crippen LogP contribution is -2.09. The van der Waals surface area contributed by atoms with E-state index in [0.29, 0.717) is 0 Å². The third-order valence-corrected chi connectivity index (χ3v) is 15.7. The fourth-order valence-electron chi connectivity index (χ4n) is 10.0. The first kappa shape index (κ1) is 42.4. The van der Waals surface area contributed by atoms with Crippen molar-refractivity contribution in [3.05, 3.63) is 273 Å². The van der Waals surface area contributed by atoms with Crippen LogP contribution < -0.4 is 14.7 Å². The zero-order valence-electron chi connectivity index (χ0n) is 38.6. The first-order valence-electron chi connectivity index (χ1n) is 24.0. The molecule has 0 aliphatic heterocycles. The monoisotopic (exact) mass is 943 g/mol. The Labute approximate surface area is 421 Å². The van der Waals surface area contributed by atoms with Gasteiger partial charge in [-0.25, -0.2) is 0 Å². The Morgan fingerprint density at radius 3 is 0.817 bits per heavy atom. The Balaban J connectivity index is 0.863. The van der Waals surface area contributed by atoms with Crippen LogP contribution in [0.5, 0.6) is 0 Å². The largest absolute Gasteiger partial charge is 0.310 e. The molecule has 5 heteroatoms. The van der Waals surface area contributed by atoms with Gasteiger partial charge in [0.25, 0.3) is 0 Å². The summed E-state index contributed by atoms with van der Waals surface area (Å²) >= 11 is 3.70. The lowest BCUT2D eigenvalue weighted by Gasteiger charge is -2.26. The van der Waals surface area contributed by atoms with E-state index in [0.717, 1.165) is 51.2 Å². The van der Waals surface area contributed by atoms with E-state index < -0.39 is 0 Å². The second-order valence-electron chi connectivity index (χ2n) is 17.8. The van der Waals surface area contributed by atoms with Crippen molar-refractivity contribution in [3.63, 3.8) is 0 Å². The van der Waals surface area contributed by atoms with Crippen LogP contribution in [-0.2, 0) is 0 Å². The van der Waals surface area contributed by atoms with Crippen LogP contribution in [0.4, 0.5) is 51.2 Å². The summed E-state index contributed by atoms with van der Waals surface area (Å²) in [5, 5.41) is 5.01. The molecule has 3 nitrogen and oxygen atoms in total. The molecule has 13 aromatic rings. The summed E-state index contributed by atoms with van der Waals surface area (Å²) in [7, 11) is 0. The summed E-state index contributed by atoms with van der Waals surface area (Å²) in [6.07, 6.45) is 0. The molecular formula is C66H45N3S2. The number of benzene rings is 11. The Bertz CT molecular complexity index is 3720. The van der Waals surface area contributed by atoms with Crippen molar-refractivity contribution in [3.8, 4) is 22.3 Å². The van der Waals surface area contributed by atoms with Crippen LogP contribution >= 0.6 is 22.7 Å². The summed E-state index contributed by atoms with van der Waals surface area (Å²) < 4.78 is 5.03. The number of fused-ring (bicyclic) bond motifs is 6. The molecule has 0 radical (unpaired) electrons. The van der Waals surface area contributed by atoms with Crippen molar-refractivity contribution in [2.24, 2.45) is 0 Å². The molecule has 0 fully saturated rings. The number of nitrogens with zero attached hydrogens (tertiary/aromatic N) is 3. The van der Waals surface area contributed by atoms with Gasteiger partial charge in [-0.2, -0.15) is 0 Å². The molecule has 0 aliphatic rings. The van der Waals surface area contributed by atoms with Gasteiger partial charge in [0.15, 0.2) is 0 Å². The van der Waals surface area contributed by atoms with E-state index in [1.165, 1.54) is 62.6 Å². The second kappa shape index (κ2) is 18.3. The highest BCUT2D eigenvalue weighted by Gasteiger charge is 2.20. The van der Waals surface area contributed by atoms with Crippen LogP contribution in [0, 0.1) is 0 Å². The highest BCUT2D eigenvalue weighted by atomic mass is 32.1. The van der Waals surface area contributed by atoms with E-state index in [1.54, 1.807) is 0 Å². The van der Waals surface area contributed by atoms with Crippen LogP contribution in [0.25, 0.3) is 62.6 Å². The molecular weight excluding hydrogens is 899 g/mol. The number of anilines is 9. The fourth-order valence-corrected chi connectivity index (χ4v) is 12.2. The predicted molar refractivity (Wildman–Crippen MR) is 307 cm³/mol. The number of rotatable bonds is 11. The van der Waals surface area contributed by atoms with Crippen LogP contribution in [0.1, 0.15) is 0 Å². The average molecular weight is 944 g/mol. The van der Waals surface area contributed by atoms with Gasteiger partial charge in [0.05, 0.1) is 0 Å². The SMILES string of the molecule is c1ccc(-c2ccc(N(c3ccccc3)c3ccc4c(c3)sc3ccc(N(c5ccccc5)c5ccc6sc7cc(N(c8ccccc8)c8ccc(-c9ccccc9)cc8)ccc7c6c5)cc34)cc2)cc1. The van der Waals surface area contributed by atoms with Crippen molar-refractivity contribution >= 4 is 114 Å².